The Hall–Kier alpha value is -1.88. The molecule has 0 aromatic heterocycles. The number of rotatable bonds is 4. The standard InChI is InChI=1S/C21H28N2O3/c1-14(24)23-10-7-16(8-11-23)21(25)22-19-17-9-12-26-20(17)18(19)13-15-5-3-2-4-6-15/h2-6,16-20H,7-13H2,1H3,(H,22,25)/t17-,18+,19-,20-/m1/s1. The van der Waals surface area contributed by atoms with Crippen LogP contribution in [0.25, 0.3) is 0 Å². The molecule has 5 heteroatoms. The molecular formula is C21H28N2O3. The van der Waals surface area contributed by atoms with Crippen molar-refractivity contribution < 1.29 is 14.3 Å². The number of likely N-dealkylation sites (tertiary alicyclic amines) is 1. The second-order valence-corrected chi connectivity index (χ2v) is 7.96. The molecular weight excluding hydrogens is 328 g/mol. The molecule has 1 saturated carbocycles. The summed E-state index contributed by atoms with van der Waals surface area (Å²) in [4.78, 5) is 26.1. The normalized spacial score (nSPS) is 31.2. The lowest BCUT2D eigenvalue weighted by Crippen LogP contribution is -2.63. The SMILES string of the molecule is CC(=O)N1CCC(C(=O)N[C@@H]2[C@H]3CCO[C@H]3[C@H]2Cc2ccccc2)CC1. The van der Waals surface area contributed by atoms with Crippen molar-refractivity contribution in [3.63, 3.8) is 0 Å². The maximum Gasteiger partial charge on any atom is 0.223 e. The van der Waals surface area contributed by atoms with Crippen LogP contribution >= 0.6 is 0 Å². The van der Waals surface area contributed by atoms with Crippen LogP contribution in [0.15, 0.2) is 30.3 Å². The van der Waals surface area contributed by atoms with Gasteiger partial charge in [-0.3, -0.25) is 9.59 Å². The first-order valence-corrected chi connectivity index (χ1v) is 9.85. The van der Waals surface area contributed by atoms with Crippen molar-refractivity contribution in [2.75, 3.05) is 19.7 Å². The Morgan fingerprint density at radius 1 is 1.15 bits per heavy atom. The topological polar surface area (TPSA) is 58.6 Å². The lowest BCUT2D eigenvalue weighted by molar-refractivity contribution is -0.136. The molecule has 1 aliphatic carbocycles. The molecule has 0 spiro atoms. The predicted molar refractivity (Wildman–Crippen MR) is 98.4 cm³/mol. The highest BCUT2D eigenvalue weighted by Gasteiger charge is 2.54. The molecule has 0 radical (unpaired) electrons. The second kappa shape index (κ2) is 7.39. The third-order valence-electron chi connectivity index (χ3n) is 6.46. The number of hydrogen-bond acceptors (Lipinski definition) is 3. The van der Waals surface area contributed by atoms with E-state index in [1.165, 1.54) is 5.56 Å². The molecule has 3 aliphatic rings. The van der Waals surface area contributed by atoms with E-state index in [9.17, 15) is 9.59 Å². The summed E-state index contributed by atoms with van der Waals surface area (Å²) < 4.78 is 5.94. The van der Waals surface area contributed by atoms with Crippen LogP contribution in [0.1, 0.15) is 31.7 Å². The van der Waals surface area contributed by atoms with Crippen molar-refractivity contribution in [1.82, 2.24) is 10.2 Å². The van der Waals surface area contributed by atoms with Crippen LogP contribution in [0.2, 0.25) is 0 Å². The molecule has 4 atom stereocenters. The molecule has 0 bridgehead atoms. The Balaban J connectivity index is 1.36. The molecule has 2 saturated heterocycles. The molecule has 5 nitrogen and oxygen atoms in total. The number of fused-ring (bicyclic) bond motifs is 1. The minimum absolute atomic E-state index is 0.0318. The number of piperidine rings is 1. The van der Waals surface area contributed by atoms with E-state index in [-0.39, 0.29) is 23.8 Å². The summed E-state index contributed by atoms with van der Waals surface area (Å²) in [5.74, 6) is 1.14. The largest absolute Gasteiger partial charge is 0.377 e. The summed E-state index contributed by atoms with van der Waals surface area (Å²) in [6.07, 6.45) is 3.83. The van der Waals surface area contributed by atoms with Crippen molar-refractivity contribution >= 4 is 11.8 Å². The fourth-order valence-electron chi connectivity index (χ4n) is 4.91. The van der Waals surface area contributed by atoms with Crippen LogP contribution in [0.4, 0.5) is 0 Å². The van der Waals surface area contributed by atoms with E-state index in [1.807, 2.05) is 11.0 Å². The summed E-state index contributed by atoms with van der Waals surface area (Å²) in [5, 5.41) is 3.35. The smallest absolute Gasteiger partial charge is 0.223 e. The lowest BCUT2D eigenvalue weighted by atomic mass is 9.64. The Kier molecular flexibility index (Phi) is 4.98. The number of nitrogens with one attached hydrogen (secondary N) is 1. The van der Waals surface area contributed by atoms with E-state index < -0.39 is 0 Å². The number of benzene rings is 1. The molecule has 4 rings (SSSR count). The van der Waals surface area contributed by atoms with Crippen molar-refractivity contribution in [3.8, 4) is 0 Å². The van der Waals surface area contributed by atoms with Crippen LogP contribution < -0.4 is 5.32 Å². The van der Waals surface area contributed by atoms with Gasteiger partial charge in [-0.25, -0.2) is 0 Å². The fraction of sp³-hybridized carbons (Fsp3) is 0.619. The first-order chi connectivity index (χ1) is 12.6. The first-order valence-electron chi connectivity index (χ1n) is 9.85. The second-order valence-electron chi connectivity index (χ2n) is 7.96. The van der Waals surface area contributed by atoms with Gasteiger partial charge >= 0.3 is 0 Å². The monoisotopic (exact) mass is 356 g/mol. The Bertz CT molecular complexity index is 654. The molecule has 1 aromatic carbocycles. The van der Waals surface area contributed by atoms with Gasteiger partial charge in [0.25, 0.3) is 0 Å². The van der Waals surface area contributed by atoms with Gasteiger partial charge in [0, 0.05) is 50.4 Å². The Morgan fingerprint density at radius 2 is 1.88 bits per heavy atom. The summed E-state index contributed by atoms with van der Waals surface area (Å²) >= 11 is 0. The van der Waals surface area contributed by atoms with Gasteiger partial charge < -0.3 is 15.0 Å². The van der Waals surface area contributed by atoms with Crippen molar-refractivity contribution in [1.29, 1.82) is 0 Å². The maximum absolute atomic E-state index is 12.8. The molecule has 2 heterocycles. The first kappa shape index (κ1) is 17.5. The third-order valence-corrected chi connectivity index (χ3v) is 6.46. The van der Waals surface area contributed by atoms with E-state index in [2.05, 4.69) is 29.6 Å². The van der Waals surface area contributed by atoms with E-state index in [0.717, 1.165) is 32.3 Å². The Morgan fingerprint density at radius 3 is 2.58 bits per heavy atom. The van der Waals surface area contributed by atoms with Crippen LogP contribution in [-0.4, -0.2) is 48.6 Å². The highest BCUT2D eigenvalue weighted by Crippen LogP contribution is 2.45. The number of hydrogen-bond donors (Lipinski definition) is 1. The van der Waals surface area contributed by atoms with Gasteiger partial charge in [0.1, 0.15) is 0 Å². The molecule has 140 valence electrons. The van der Waals surface area contributed by atoms with Crippen LogP contribution in [-0.2, 0) is 20.7 Å². The quantitative estimate of drug-likeness (QED) is 0.898. The zero-order valence-corrected chi connectivity index (χ0v) is 15.4. The average Bonchev–Trinajstić information content (AvgIpc) is 3.09. The summed E-state index contributed by atoms with van der Waals surface area (Å²) in [7, 11) is 0. The minimum Gasteiger partial charge on any atom is -0.377 e. The maximum atomic E-state index is 12.8. The molecule has 26 heavy (non-hydrogen) atoms. The van der Waals surface area contributed by atoms with Crippen LogP contribution in [0.3, 0.4) is 0 Å². The molecule has 2 amide bonds. The predicted octanol–water partition coefficient (Wildman–Crippen LogP) is 2.01. The van der Waals surface area contributed by atoms with Gasteiger partial charge in [0.05, 0.1) is 6.10 Å². The zero-order chi connectivity index (χ0) is 18.1. The van der Waals surface area contributed by atoms with Crippen molar-refractivity contribution in [3.05, 3.63) is 35.9 Å². The molecule has 1 N–H and O–H groups in total. The number of nitrogens with zero attached hydrogens (tertiary/aromatic N) is 1. The minimum atomic E-state index is 0.0318. The van der Waals surface area contributed by atoms with E-state index in [0.29, 0.717) is 31.0 Å². The number of carbonyl (C=O) groups excluding carboxylic acids is 2. The summed E-state index contributed by atoms with van der Waals surface area (Å²) in [6, 6.07) is 10.7. The molecule has 3 fully saturated rings. The average molecular weight is 356 g/mol. The van der Waals surface area contributed by atoms with Gasteiger partial charge in [0.2, 0.25) is 11.8 Å². The molecule has 2 aliphatic heterocycles. The lowest BCUT2D eigenvalue weighted by Gasteiger charge is -2.48. The van der Waals surface area contributed by atoms with E-state index in [1.54, 1.807) is 6.92 Å². The van der Waals surface area contributed by atoms with Crippen molar-refractivity contribution in [2.24, 2.45) is 17.8 Å². The number of amides is 2. The van der Waals surface area contributed by atoms with Gasteiger partial charge in [-0.1, -0.05) is 30.3 Å². The van der Waals surface area contributed by atoms with Crippen LogP contribution in [0.5, 0.6) is 0 Å². The highest BCUT2D eigenvalue weighted by molar-refractivity contribution is 5.80. The van der Waals surface area contributed by atoms with Crippen molar-refractivity contribution in [2.45, 2.75) is 44.8 Å². The van der Waals surface area contributed by atoms with Gasteiger partial charge in [0.15, 0.2) is 0 Å². The van der Waals surface area contributed by atoms with E-state index in [4.69, 9.17) is 4.74 Å². The highest BCUT2D eigenvalue weighted by atomic mass is 16.5. The number of ether oxygens (including phenoxy) is 1. The number of carbonyl (C=O) groups is 2. The van der Waals surface area contributed by atoms with Gasteiger partial charge in [-0.2, -0.15) is 0 Å². The fourth-order valence-corrected chi connectivity index (χ4v) is 4.91. The van der Waals surface area contributed by atoms with Gasteiger partial charge in [-0.15, -0.1) is 0 Å². The van der Waals surface area contributed by atoms with Gasteiger partial charge in [-0.05, 0) is 31.2 Å². The summed E-state index contributed by atoms with van der Waals surface area (Å²) in [6.45, 7) is 3.80. The van der Waals surface area contributed by atoms with E-state index >= 15 is 0 Å². The molecule has 0 unspecified atom stereocenters. The zero-order valence-electron chi connectivity index (χ0n) is 15.4. The van der Waals surface area contributed by atoms with Crippen LogP contribution in [0, 0.1) is 17.8 Å². The Labute approximate surface area is 155 Å². The third kappa shape index (κ3) is 3.37. The molecule has 1 aromatic rings. The summed E-state index contributed by atoms with van der Waals surface area (Å²) in [5.41, 5.74) is 1.31.